The van der Waals surface area contributed by atoms with Gasteiger partial charge in [0.15, 0.2) is 0 Å². The van der Waals surface area contributed by atoms with Gasteiger partial charge in [0.1, 0.15) is 5.82 Å². The number of rotatable bonds is 2. The number of hydrogen-bond donors (Lipinski definition) is 1. The van der Waals surface area contributed by atoms with Crippen LogP contribution in [0.5, 0.6) is 0 Å². The monoisotopic (exact) mass is 308 g/mol. The molecule has 1 N–H and O–H groups in total. The molecule has 0 amide bonds. The summed E-state index contributed by atoms with van der Waals surface area (Å²) in [7, 11) is 0. The van der Waals surface area contributed by atoms with Crippen LogP contribution in [0.4, 0.5) is 10.3 Å². The van der Waals surface area contributed by atoms with E-state index in [1.807, 2.05) is 28.8 Å². The Morgan fingerprint density at radius 3 is 2.65 bits per heavy atom. The maximum absolute atomic E-state index is 13.2. The molecule has 0 saturated carbocycles. The van der Waals surface area contributed by atoms with Gasteiger partial charge in [0.25, 0.3) is 0 Å². The molecule has 5 nitrogen and oxygen atoms in total. The number of halogens is 1. The van der Waals surface area contributed by atoms with Crippen LogP contribution in [-0.4, -0.2) is 15.5 Å². The molecule has 0 radical (unpaired) electrons. The predicted octanol–water partition coefficient (Wildman–Crippen LogP) is 1.82. The summed E-state index contributed by atoms with van der Waals surface area (Å²) in [6, 6.07) is 13.1. The zero-order valence-corrected chi connectivity index (χ0v) is 11.9. The van der Waals surface area contributed by atoms with Crippen molar-refractivity contribution in [2.45, 2.75) is 6.04 Å². The van der Waals surface area contributed by atoms with E-state index in [4.69, 9.17) is 0 Å². The number of carboxylic acids is 1. The molecule has 1 unspecified atom stereocenters. The number of aliphatic carboxylic acids is 1. The quantitative estimate of drug-likeness (QED) is 0.784. The summed E-state index contributed by atoms with van der Waals surface area (Å²) in [4.78, 5) is 15.7. The van der Waals surface area contributed by atoms with E-state index in [0.717, 1.165) is 16.6 Å². The third kappa shape index (κ3) is 2.15. The normalized spacial score (nSPS) is 16.6. The average molecular weight is 308 g/mol. The van der Waals surface area contributed by atoms with E-state index < -0.39 is 12.0 Å². The van der Waals surface area contributed by atoms with Gasteiger partial charge in [-0.15, -0.1) is 0 Å². The maximum Gasteiger partial charge on any atom is 0.209 e. The minimum Gasteiger partial charge on any atom is -0.543 e. The molecule has 1 aromatic heterocycles. The van der Waals surface area contributed by atoms with E-state index in [1.165, 1.54) is 12.1 Å². The number of fused-ring (bicyclic) bond motifs is 3. The van der Waals surface area contributed by atoms with Crippen molar-refractivity contribution in [1.29, 1.82) is 0 Å². The fraction of sp³-hybridized carbons (Fsp3) is 0.0588. The molecular formula is C17H11FN3O2-. The Labute approximate surface area is 130 Å². The van der Waals surface area contributed by atoms with Crippen LogP contribution in [0.3, 0.4) is 0 Å². The number of imidazole rings is 1. The summed E-state index contributed by atoms with van der Waals surface area (Å²) in [6.45, 7) is 0. The molecule has 2 aromatic carbocycles. The highest BCUT2D eigenvalue weighted by Gasteiger charge is 2.24. The van der Waals surface area contributed by atoms with Crippen LogP contribution in [0.1, 0.15) is 11.6 Å². The van der Waals surface area contributed by atoms with Crippen molar-refractivity contribution in [3.05, 3.63) is 71.7 Å². The first-order valence-electron chi connectivity index (χ1n) is 7.06. The zero-order chi connectivity index (χ0) is 16.0. The highest BCUT2D eigenvalue weighted by Crippen LogP contribution is 2.34. The number of benzene rings is 2. The van der Waals surface area contributed by atoms with Gasteiger partial charge in [-0.3, -0.25) is 4.57 Å². The second-order valence-electron chi connectivity index (χ2n) is 5.28. The van der Waals surface area contributed by atoms with Gasteiger partial charge in [-0.25, -0.2) is 9.37 Å². The molecule has 23 heavy (non-hydrogen) atoms. The van der Waals surface area contributed by atoms with Crippen molar-refractivity contribution < 1.29 is 14.3 Å². The number of nitrogens with zero attached hydrogens (tertiary/aromatic N) is 2. The highest BCUT2D eigenvalue weighted by atomic mass is 19.1. The van der Waals surface area contributed by atoms with Gasteiger partial charge >= 0.3 is 0 Å². The molecule has 0 spiro atoms. The molecule has 4 rings (SSSR count). The Hall–Kier alpha value is -3.15. The summed E-state index contributed by atoms with van der Waals surface area (Å²) in [5, 5.41) is 14.0. The fourth-order valence-electron chi connectivity index (χ4n) is 2.83. The minimum absolute atomic E-state index is 0.0536. The zero-order valence-electron chi connectivity index (χ0n) is 11.9. The van der Waals surface area contributed by atoms with Gasteiger partial charge in [0.2, 0.25) is 5.95 Å². The van der Waals surface area contributed by atoms with Gasteiger partial charge in [0, 0.05) is 0 Å². The van der Waals surface area contributed by atoms with Crippen LogP contribution in [0.2, 0.25) is 0 Å². The lowest BCUT2D eigenvalue weighted by molar-refractivity contribution is -0.299. The van der Waals surface area contributed by atoms with Gasteiger partial charge in [-0.2, -0.15) is 0 Å². The molecule has 0 saturated heterocycles. The van der Waals surface area contributed by atoms with Gasteiger partial charge in [-0.05, 0) is 35.9 Å². The number of carboxylic acid groups (broad SMARTS) is 1. The van der Waals surface area contributed by atoms with Crippen LogP contribution in [0, 0.1) is 5.82 Å². The number of carbonyl (C=O) groups is 1. The number of para-hydroxylation sites is 2. The second-order valence-corrected chi connectivity index (χ2v) is 5.28. The molecule has 3 aromatic rings. The Balaban J connectivity index is 1.95. The molecule has 1 atom stereocenters. The van der Waals surface area contributed by atoms with Crippen molar-refractivity contribution in [2.75, 3.05) is 5.32 Å². The van der Waals surface area contributed by atoms with E-state index in [2.05, 4.69) is 10.3 Å². The van der Waals surface area contributed by atoms with E-state index in [0.29, 0.717) is 5.95 Å². The van der Waals surface area contributed by atoms with Crippen molar-refractivity contribution in [3.63, 3.8) is 0 Å². The lowest BCUT2D eigenvalue weighted by atomic mass is 10.0. The van der Waals surface area contributed by atoms with E-state index in [9.17, 15) is 14.3 Å². The third-order valence-electron chi connectivity index (χ3n) is 3.88. The molecule has 6 heteroatoms. The van der Waals surface area contributed by atoms with Gasteiger partial charge < -0.3 is 15.2 Å². The van der Waals surface area contributed by atoms with E-state index in [1.54, 1.807) is 18.2 Å². The van der Waals surface area contributed by atoms with Crippen LogP contribution in [-0.2, 0) is 4.79 Å². The molecule has 1 aliphatic heterocycles. The van der Waals surface area contributed by atoms with E-state index in [-0.39, 0.29) is 11.5 Å². The van der Waals surface area contributed by atoms with Crippen LogP contribution < -0.4 is 10.4 Å². The lowest BCUT2D eigenvalue weighted by Gasteiger charge is -2.26. The predicted molar refractivity (Wildman–Crippen MR) is 81.0 cm³/mol. The number of allylic oxidation sites excluding steroid dienone is 1. The smallest absolute Gasteiger partial charge is 0.209 e. The Morgan fingerprint density at radius 2 is 1.91 bits per heavy atom. The summed E-state index contributed by atoms with van der Waals surface area (Å²) < 4.78 is 15.1. The lowest BCUT2D eigenvalue weighted by Crippen LogP contribution is -2.32. The van der Waals surface area contributed by atoms with Crippen molar-refractivity contribution >= 4 is 23.0 Å². The Bertz CT molecular complexity index is 944. The standard InChI is InChI=1S/C17H12FN3O2/c18-11-7-5-10(6-8-11)15-9-13(16(22)23)20-17-19-12-3-1-2-4-14(12)21(15)17/h1-9,15H,(H,19,20)(H,22,23)/p-1. The van der Waals surface area contributed by atoms with Crippen molar-refractivity contribution in [3.8, 4) is 0 Å². The minimum atomic E-state index is -1.31. The van der Waals surface area contributed by atoms with Gasteiger partial charge in [-0.1, -0.05) is 24.3 Å². The van der Waals surface area contributed by atoms with Crippen LogP contribution >= 0.6 is 0 Å². The van der Waals surface area contributed by atoms with Crippen LogP contribution in [0.25, 0.3) is 11.0 Å². The van der Waals surface area contributed by atoms with Gasteiger partial charge in [0.05, 0.1) is 28.7 Å². The number of aromatic nitrogens is 2. The number of carbonyl (C=O) groups excluding carboxylic acids is 1. The second kappa shape index (κ2) is 4.95. The largest absolute Gasteiger partial charge is 0.543 e. The highest BCUT2D eigenvalue weighted by molar-refractivity contribution is 5.90. The SMILES string of the molecule is O=C([O-])C1=CC(c2ccc(F)cc2)n2c(nc3ccccc32)N1. The van der Waals surface area contributed by atoms with Crippen molar-refractivity contribution in [1.82, 2.24) is 9.55 Å². The maximum atomic E-state index is 13.2. The Kier molecular flexibility index (Phi) is 2.90. The summed E-state index contributed by atoms with van der Waals surface area (Å²) in [5.74, 6) is -1.24. The Morgan fingerprint density at radius 1 is 1.17 bits per heavy atom. The molecule has 0 bridgehead atoms. The molecule has 1 aliphatic rings. The molecule has 0 fully saturated rings. The average Bonchev–Trinajstić information content (AvgIpc) is 2.93. The first kappa shape index (κ1) is 13.5. The van der Waals surface area contributed by atoms with Crippen LogP contribution in [0.15, 0.2) is 60.3 Å². The summed E-state index contributed by atoms with van der Waals surface area (Å²) >= 11 is 0. The molecule has 114 valence electrons. The number of nitrogens with one attached hydrogen (secondary N) is 1. The first-order valence-corrected chi connectivity index (χ1v) is 7.06. The summed E-state index contributed by atoms with van der Waals surface area (Å²) in [5.41, 5.74) is 2.31. The molecular weight excluding hydrogens is 297 g/mol. The topological polar surface area (TPSA) is 70.0 Å². The number of hydrogen-bond acceptors (Lipinski definition) is 4. The first-order chi connectivity index (χ1) is 11.1. The third-order valence-corrected chi connectivity index (χ3v) is 3.88. The molecule has 2 heterocycles. The van der Waals surface area contributed by atoms with Crippen molar-refractivity contribution in [2.24, 2.45) is 0 Å². The number of anilines is 1. The molecule has 0 aliphatic carbocycles. The summed E-state index contributed by atoms with van der Waals surface area (Å²) in [6.07, 6.45) is 1.55. The fourth-order valence-corrected chi connectivity index (χ4v) is 2.83. The van der Waals surface area contributed by atoms with E-state index >= 15 is 0 Å².